The maximum absolute atomic E-state index is 12.5. The molecule has 0 atom stereocenters. The van der Waals surface area contributed by atoms with Crippen LogP contribution in [0.4, 0.5) is 5.69 Å². The number of pyridine rings is 1. The number of methoxy groups -OCH3 is 1. The Morgan fingerprint density at radius 3 is 2.60 bits per heavy atom. The molecule has 1 saturated heterocycles. The average Bonchev–Trinajstić information content (AvgIpc) is 3.20. The van der Waals surface area contributed by atoms with Crippen molar-refractivity contribution in [1.29, 1.82) is 0 Å². The molecule has 3 aromatic rings. The number of nitrogens with one attached hydrogen (secondary N) is 1. The van der Waals surface area contributed by atoms with Gasteiger partial charge in [-0.05, 0) is 92.2 Å². The molecule has 1 aromatic carbocycles. The number of ether oxygens (including phenoxy) is 1. The number of aryl methyl sites for hydroxylation is 2. The summed E-state index contributed by atoms with van der Waals surface area (Å²) in [6.45, 7) is 6.12. The Hall–Kier alpha value is -3.32. The summed E-state index contributed by atoms with van der Waals surface area (Å²) in [5.41, 5.74) is 4.99. The lowest BCUT2D eigenvalue weighted by molar-refractivity contribution is -0.115. The standard InChI is InChI=1S/C23H22N4O2S/c1-14-9-10-24-21(11-14)27-15(2)12-17(16(27)3)13-20-22(28)26-23(30-20)25-18-5-7-19(29-4)8-6-18/h5-13H,1-4H3,(H,25,26,28)/b20-13+. The number of amides is 1. The van der Waals surface area contributed by atoms with E-state index < -0.39 is 0 Å². The number of hydrogen-bond donors (Lipinski definition) is 1. The summed E-state index contributed by atoms with van der Waals surface area (Å²) in [6.07, 6.45) is 3.72. The van der Waals surface area contributed by atoms with E-state index >= 15 is 0 Å². The molecule has 1 amide bonds. The first kappa shape index (κ1) is 20.0. The molecule has 3 heterocycles. The van der Waals surface area contributed by atoms with Crippen LogP contribution in [0.1, 0.15) is 22.5 Å². The maximum atomic E-state index is 12.5. The molecular weight excluding hydrogens is 396 g/mol. The Bertz CT molecular complexity index is 1180. The van der Waals surface area contributed by atoms with Crippen LogP contribution >= 0.6 is 11.8 Å². The normalized spacial score (nSPS) is 16.3. The van der Waals surface area contributed by atoms with E-state index in [9.17, 15) is 4.79 Å². The molecule has 1 aliphatic rings. The molecule has 1 N–H and O–H groups in total. The zero-order valence-corrected chi connectivity index (χ0v) is 18.1. The predicted octanol–water partition coefficient (Wildman–Crippen LogP) is 4.70. The Kier molecular flexibility index (Phi) is 5.46. The Morgan fingerprint density at radius 2 is 1.90 bits per heavy atom. The minimum absolute atomic E-state index is 0.147. The fourth-order valence-electron chi connectivity index (χ4n) is 3.32. The highest BCUT2D eigenvalue weighted by molar-refractivity contribution is 8.18. The predicted molar refractivity (Wildman–Crippen MR) is 122 cm³/mol. The maximum Gasteiger partial charge on any atom is 0.264 e. The van der Waals surface area contributed by atoms with Gasteiger partial charge in [0.05, 0.1) is 17.7 Å². The molecular formula is C23H22N4O2S. The monoisotopic (exact) mass is 418 g/mol. The molecule has 152 valence electrons. The molecule has 0 bridgehead atoms. The third-order valence-corrected chi connectivity index (χ3v) is 5.75. The van der Waals surface area contributed by atoms with Gasteiger partial charge in [-0.15, -0.1) is 0 Å². The van der Waals surface area contributed by atoms with E-state index in [1.165, 1.54) is 11.8 Å². The van der Waals surface area contributed by atoms with Crippen LogP contribution in [0.3, 0.4) is 0 Å². The van der Waals surface area contributed by atoms with E-state index in [2.05, 4.69) is 25.9 Å². The fourth-order valence-corrected chi connectivity index (χ4v) is 4.16. The van der Waals surface area contributed by atoms with Crippen molar-refractivity contribution in [3.63, 3.8) is 0 Å². The molecule has 7 heteroatoms. The summed E-state index contributed by atoms with van der Waals surface area (Å²) in [4.78, 5) is 22.1. The highest BCUT2D eigenvalue weighted by Gasteiger charge is 2.24. The smallest absolute Gasteiger partial charge is 0.264 e. The molecule has 6 nitrogen and oxygen atoms in total. The lowest BCUT2D eigenvalue weighted by Crippen LogP contribution is -2.19. The molecule has 1 fully saturated rings. The molecule has 0 radical (unpaired) electrons. The topological polar surface area (TPSA) is 68.5 Å². The van der Waals surface area contributed by atoms with Crippen molar-refractivity contribution < 1.29 is 9.53 Å². The first-order valence-electron chi connectivity index (χ1n) is 9.50. The molecule has 0 unspecified atom stereocenters. The Balaban J connectivity index is 1.61. The number of aliphatic imine (C=N–C) groups is 1. The molecule has 0 saturated carbocycles. The summed E-state index contributed by atoms with van der Waals surface area (Å²) < 4.78 is 7.26. The highest BCUT2D eigenvalue weighted by Crippen LogP contribution is 2.30. The summed E-state index contributed by atoms with van der Waals surface area (Å²) in [6, 6.07) is 13.5. The van der Waals surface area contributed by atoms with Gasteiger partial charge in [0, 0.05) is 17.6 Å². The SMILES string of the molecule is COc1ccc(N=C2NC(=O)/C(=C\c3cc(C)n(-c4cc(C)ccn4)c3C)S2)cc1. The van der Waals surface area contributed by atoms with Crippen molar-refractivity contribution in [3.05, 3.63) is 76.1 Å². The number of carbonyl (C=O) groups excluding carboxylic acids is 1. The number of benzene rings is 1. The van der Waals surface area contributed by atoms with Crippen LogP contribution in [-0.2, 0) is 4.79 Å². The lowest BCUT2D eigenvalue weighted by Gasteiger charge is -2.09. The molecule has 0 spiro atoms. The van der Waals surface area contributed by atoms with Crippen LogP contribution in [-0.4, -0.2) is 27.7 Å². The van der Waals surface area contributed by atoms with Crippen molar-refractivity contribution in [2.45, 2.75) is 20.8 Å². The Labute approximate surface area is 179 Å². The van der Waals surface area contributed by atoms with Crippen LogP contribution in [0.15, 0.2) is 58.6 Å². The van der Waals surface area contributed by atoms with Gasteiger partial charge in [-0.25, -0.2) is 9.98 Å². The van der Waals surface area contributed by atoms with Gasteiger partial charge in [0.15, 0.2) is 5.17 Å². The van der Waals surface area contributed by atoms with E-state index in [0.29, 0.717) is 10.1 Å². The van der Waals surface area contributed by atoms with Gasteiger partial charge in [-0.3, -0.25) is 4.79 Å². The third-order valence-electron chi connectivity index (χ3n) is 4.84. The van der Waals surface area contributed by atoms with Crippen molar-refractivity contribution in [1.82, 2.24) is 14.9 Å². The average molecular weight is 419 g/mol. The number of nitrogens with zero attached hydrogens (tertiary/aromatic N) is 3. The van der Waals surface area contributed by atoms with Gasteiger partial charge < -0.3 is 14.6 Å². The second-order valence-corrected chi connectivity index (χ2v) is 8.06. The highest BCUT2D eigenvalue weighted by atomic mass is 32.2. The van der Waals surface area contributed by atoms with Crippen LogP contribution in [0, 0.1) is 20.8 Å². The quantitative estimate of drug-likeness (QED) is 0.624. The van der Waals surface area contributed by atoms with Gasteiger partial charge >= 0.3 is 0 Å². The first-order valence-corrected chi connectivity index (χ1v) is 10.3. The second-order valence-electron chi connectivity index (χ2n) is 7.03. The number of aromatic nitrogens is 2. The van der Waals surface area contributed by atoms with Crippen molar-refractivity contribution in [3.8, 4) is 11.6 Å². The van der Waals surface area contributed by atoms with E-state index in [1.807, 2.05) is 69.4 Å². The van der Waals surface area contributed by atoms with Crippen molar-refractivity contribution in [2.75, 3.05) is 7.11 Å². The molecule has 2 aromatic heterocycles. The fraction of sp³-hybridized carbons (Fsp3) is 0.174. The van der Waals surface area contributed by atoms with Crippen molar-refractivity contribution in [2.24, 2.45) is 4.99 Å². The number of rotatable bonds is 4. The van der Waals surface area contributed by atoms with E-state index in [-0.39, 0.29) is 5.91 Å². The van der Waals surface area contributed by atoms with Gasteiger partial charge in [-0.1, -0.05) is 0 Å². The second kappa shape index (κ2) is 8.20. The van der Waals surface area contributed by atoms with Crippen LogP contribution in [0.25, 0.3) is 11.9 Å². The number of hydrogen-bond acceptors (Lipinski definition) is 5. The Morgan fingerprint density at radius 1 is 1.13 bits per heavy atom. The summed E-state index contributed by atoms with van der Waals surface area (Å²) in [5, 5.41) is 3.40. The van der Waals surface area contributed by atoms with Gasteiger partial charge in [0.2, 0.25) is 0 Å². The van der Waals surface area contributed by atoms with Crippen LogP contribution in [0.2, 0.25) is 0 Å². The first-order chi connectivity index (χ1) is 14.4. The minimum Gasteiger partial charge on any atom is -0.497 e. The van der Waals surface area contributed by atoms with Crippen LogP contribution in [0.5, 0.6) is 5.75 Å². The number of amidine groups is 1. The molecule has 4 rings (SSSR count). The van der Waals surface area contributed by atoms with E-state index in [0.717, 1.165) is 39.8 Å². The molecule has 1 aliphatic heterocycles. The largest absolute Gasteiger partial charge is 0.497 e. The third kappa shape index (κ3) is 4.02. The van der Waals surface area contributed by atoms with Gasteiger partial charge in [0.1, 0.15) is 11.6 Å². The summed E-state index contributed by atoms with van der Waals surface area (Å²) in [5.74, 6) is 1.49. The zero-order chi connectivity index (χ0) is 21.3. The van der Waals surface area contributed by atoms with Gasteiger partial charge in [0.25, 0.3) is 5.91 Å². The minimum atomic E-state index is -0.147. The zero-order valence-electron chi connectivity index (χ0n) is 17.3. The van der Waals surface area contributed by atoms with Crippen molar-refractivity contribution >= 4 is 34.6 Å². The summed E-state index contributed by atoms with van der Waals surface area (Å²) >= 11 is 1.33. The van der Waals surface area contributed by atoms with Gasteiger partial charge in [-0.2, -0.15) is 0 Å². The lowest BCUT2D eigenvalue weighted by atomic mass is 10.2. The molecule has 30 heavy (non-hydrogen) atoms. The van der Waals surface area contributed by atoms with E-state index in [1.54, 1.807) is 7.11 Å². The number of thioether (sulfide) groups is 1. The number of carbonyl (C=O) groups is 1. The summed E-state index contributed by atoms with van der Waals surface area (Å²) in [7, 11) is 1.62. The van der Waals surface area contributed by atoms with E-state index in [4.69, 9.17) is 4.74 Å². The molecule has 0 aliphatic carbocycles. The van der Waals surface area contributed by atoms with Crippen LogP contribution < -0.4 is 10.1 Å².